The molecule has 0 bridgehead atoms. The van der Waals surface area contributed by atoms with E-state index >= 15 is 0 Å². The van der Waals surface area contributed by atoms with Crippen molar-refractivity contribution in [2.75, 3.05) is 18.9 Å². The molecule has 1 atom stereocenters. The molecule has 0 aliphatic heterocycles. The maximum Gasteiger partial charge on any atom is 0.119 e. The monoisotopic (exact) mass is 272 g/mol. The van der Waals surface area contributed by atoms with Gasteiger partial charge in [0, 0.05) is 5.02 Å². The summed E-state index contributed by atoms with van der Waals surface area (Å²) in [4.78, 5) is 0. The molecular formula is C11H13ClN2O2S. The number of hydrogen-bond donors (Lipinski definition) is 1. The average molecular weight is 273 g/mol. The molecule has 17 heavy (non-hydrogen) atoms. The van der Waals surface area contributed by atoms with Gasteiger partial charge in [-0.15, -0.1) is 0 Å². The first-order chi connectivity index (χ1) is 8.09. The van der Waals surface area contributed by atoms with E-state index in [1.54, 1.807) is 24.3 Å². The summed E-state index contributed by atoms with van der Waals surface area (Å²) in [6.07, 6.45) is 0. The van der Waals surface area contributed by atoms with E-state index in [4.69, 9.17) is 22.0 Å². The third-order valence-electron chi connectivity index (χ3n) is 2.00. The van der Waals surface area contributed by atoms with E-state index in [-0.39, 0.29) is 24.7 Å². The predicted octanol–water partition coefficient (Wildman–Crippen LogP) is 1.82. The molecule has 0 aliphatic rings. The molecule has 1 aromatic carbocycles. The Morgan fingerprint density at radius 2 is 2.29 bits per heavy atom. The Labute approximate surface area is 106 Å². The van der Waals surface area contributed by atoms with Gasteiger partial charge in [0.15, 0.2) is 0 Å². The Morgan fingerprint density at radius 3 is 2.88 bits per heavy atom. The highest BCUT2D eigenvalue weighted by atomic mass is 35.5. The largest absolute Gasteiger partial charge is 0.394 e. The summed E-state index contributed by atoms with van der Waals surface area (Å²) in [6, 6.07) is 8.84. The van der Waals surface area contributed by atoms with Gasteiger partial charge in [0.1, 0.15) is 5.75 Å². The van der Waals surface area contributed by atoms with E-state index in [1.807, 2.05) is 6.07 Å². The van der Waals surface area contributed by atoms with Gasteiger partial charge < -0.3 is 5.11 Å². The highest BCUT2D eigenvalue weighted by Crippen LogP contribution is 2.14. The second-order valence-electron chi connectivity index (χ2n) is 3.43. The minimum absolute atomic E-state index is 0.0844. The molecule has 0 spiro atoms. The van der Waals surface area contributed by atoms with Crippen LogP contribution in [0.15, 0.2) is 28.6 Å². The topological polar surface area (TPSA) is 73.5 Å². The smallest absolute Gasteiger partial charge is 0.119 e. The lowest BCUT2D eigenvalue weighted by Gasteiger charge is -2.06. The lowest BCUT2D eigenvalue weighted by Crippen LogP contribution is -2.09. The van der Waals surface area contributed by atoms with Gasteiger partial charge in [-0.05, 0) is 17.7 Å². The Bertz CT molecular complexity index is 531. The molecular weight excluding hydrogens is 260 g/mol. The summed E-state index contributed by atoms with van der Waals surface area (Å²) >= 11 is 5.83. The molecule has 4 nitrogen and oxygen atoms in total. The van der Waals surface area contributed by atoms with E-state index in [9.17, 15) is 4.21 Å². The number of aliphatic hydroxyl groups excluding tert-OH is 1. The number of halogens is 1. The Morgan fingerprint density at radius 1 is 1.53 bits per heavy atom. The lowest BCUT2D eigenvalue weighted by molar-refractivity contribution is 0.307. The minimum Gasteiger partial charge on any atom is -0.394 e. The zero-order valence-electron chi connectivity index (χ0n) is 9.17. The first kappa shape index (κ1) is 14.0. The quantitative estimate of drug-likeness (QED) is 0.889. The highest BCUT2D eigenvalue weighted by molar-refractivity contribution is 7.93. The third kappa shape index (κ3) is 4.73. The van der Waals surface area contributed by atoms with Crippen LogP contribution >= 0.6 is 11.6 Å². The van der Waals surface area contributed by atoms with Crippen LogP contribution in [0.4, 0.5) is 0 Å². The summed E-state index contributed by atoms with van der Waals surface area (Å²) in [7, 11) is -2.63. The summed E-state index contributed by atoms with van der Waals surface area (Å²) < 4.78 is 16.2. The maximum absolute atomic E-state index is 12.3. The van der Waals surface area contributed by atoms with Crippen LogP contribution < -0.4 is 0 Å². The van der Waals surface area contributed by atoms with Crippen LogP contribution in [0.2, 0.25) is 5.02 Å². The standard InChI is InChI=1S/C11H13ClN2O2S/c12-11-3-1-2-10(8-11)9-17(16,7-4-13)14-5-6-15/h1-3,8,15H,5-7,9H2. The van der Waals surface area contributed by atoms with Crippen LogP contribution in [-0.4, -0.2) is 28.2 Å². The fraction of sp³-hybridized carbons (Fsp3) is 0.364. The second-order valence-corrected chi connectivity index (χ2v) is 6.24. The lowest BCUT2D eigenvalue weighted by atomic mass is 10.2. The Balaban J connectivity index is 2.96. The zero-order valence-corrected chi connectivity index (χ0v) is 10.7. The van der Waals surface area contributed by atoms with E-state index in [0.717, 1.165) is 5.56 Å². The van der Waals surface area contributed by atoms with Crippen molar-refractivity contribution in [3.8, 4) is 6.07 Å². The van der Waals surface area contributed by atoms with E-state index in [0.29, 0.717) is 5.02 Å². The first-order valence-electron chi connectivity index (χ1n) is 5.00. The fourth-order valence-corrected chi connectivity index (χ4v) is 3.15. The van der Waals surface area contributed by atoms with Crippen molar-refractivity contribution in [1.82, 2.24) is 0 Å². The highest BCUT2D eigenvalue weighted by Gasteiger charge is 2.10. The summed E-state index contributed by atoms with van der Waals surface area (Å²) in [6.45, 7) is -0.0843. The van der Waals surface area contributed by atoms with Gasteiger partial charge in [-0.3, -0.25) is 0 Å². The molecule has 6 heteroatoms. The normalized spacial score (nSPS) is 13.7. The van der Waals surface area contributed by atoms with Gasteiger partial charge in [0.25, 0.3) is 0 Å². The molecule has 0 fully saturated rings. The number of nitriles is 1. The van der Waals surface area contributed by atoms with Crippen LogP contribution in [-0.2, 0) is 15.5 Å². The van der Waals surface area contributed by atoms with Gasteiger partial charge in [-0.2, -0.15) is 5.26 Å². The summed E-state index contributed by atoms with van der Waals surface area (Å²) in [5, 5.41) is 17.9. The third-order valence-corrected chi connectivity index (χ3v) is 4.25. The summed E-state index contributed by atoms with van der Waals surface area (Å²) in [5.74, 6) is 0.0423. The van der Waals surface area contributed by atoms with Crippen molar-refractivity contribution in [3.63, 3.8) is 0 Å². The van der Waals surface area contributed by atoms with Crippen LogP contribution in [0.3, 0.4) is 0 Å². The molecule has 1 unspecified atom stereocenters. The van der Waals surface area contributed by atoms with Crippen molar-refractivity contribution in [1.29, 1.82) is 5.26 Å². The minimum atomic E-state index is -2.63. The van der Waals surface area contributed by atoms with Gasteiger partial charge >= 0.3 is 0 Å². The average Bonchev–Trinajstić information content (AvgIpc) is 2.27. The number of benzene rings is 1. The molecule has 0 heterocycles. The zero-order chi connectivity index (χ0) is 12.7. The molecule has 0 amide bonds. The molecule has 1 N–H and O–H groups in total. The first-order valence-corrected chi connectivity index (χ1v) is 7.23. The second kappa shape index (κ2) is 6.60. The molecule has 0 aliphatic carbocycles. The number of hydrogen-bond acceptors (Lipinski definition) is 4. The Kier molecular flexibility index (Phi) is 5.42. The van der Waals surface area contributed by atoms with Crippen molar-refractivity contribution in [2.24, 2.45) is 4.36 Å². The number of rotatable bonds is 5. The molecule has 0 saturated heterocycles. The summed E-state index contributed by atoms with van der Waals surface area (Å²) in [5.41, 5.74) is 0.777. The van der Waals surface area contributed by atoms with Gasteiger partial charge in [-0.1, -0.05) is 23.7 Å². The number of aliphatic hydroxyl groups is 1. The van der Waals surface area contributed by atoms with Crippen molar-refractivity contribution < 1.29 is 9.32 Å². The molecule has 0 radical (unpaired) electrons. The van der Waals surface area contributed by atoms with Crippen LogP contribution in [0.5, 0.6) is 0 Å². The van der Waals surface area contributed by atoms with Gasteiger partial charge in [-0.25, -0.2) is 8.57 Å². The van der Waals surface area contributed by atoms with Crippen molar-refractivity contribution in [3.05, 3.63) is 34.9 Å². The van der Waals surface area contributed by atoms with E-state index < -0.39 is 9.73 Å². The predicted molar refractivity (Wildman–Crippen MR) is 68.2 cm³/mol. The Hall–Kier alpha value is -1.09. The van der Waals surface area contributed by atoms with Gasteiger partial charge in [0.2, 0.25) is 0 Å². The van der Waals surface area contributed by atoms with Crippen molar-refractivity contribution in [2.45, 2.75) is 5.75 Å². The van der Waals surface area contributed by atoms with Crippen LogP contribution in [0, 0.1) is 11.3 Å². The number of nitrogens with zero attached hydrogens (tertiary/aromatic N) is 2. The van der Waals surface area contributed by atoms with E-state index in [2.05, 4.69) is 4.36 Å². The van der Waals surface area contributed by atoms with Crippen LogP contribution in [0.25, 0.3) is 0 Å². The fourth-order valence-electron chi connectivity index (χ4n) is 1.34. The maximum atomic E-state index is 12.3. The van der Waals surface area contributed by atoms with E-state index in [1.165, 1.54) is 0 Å². The molecule has 1 aromatic rings. The molecule has 92 valence electrons. The van der Waals surface area contributed by atoms with Gasteiger partial charge in [0.05, 0.1) is 34.7 Å². The molecule has 1 rings (SSSR count). The van der Waals surface area contributed by atoms with Crippen molar-refractivity contribution >= 4 is 21.3 Å². The SMILES string of the molecule is N#CCS(=O)(Cc1cccc(Cl)c1)=NCCO. The molecule has 0 saturated carbocycles. The van der Waals surface area contributed by atoms with Crippen LogP contribution in [0.1, 0.15) is 5.56 Å². The molecule has 0 aromatic heterocycles.